The summed E-state index contributed by atoms with van der Waals surface area (Å²) in [5, 5.41) is 29.5. The lowest BCUT2D eigenvalue weighted by molar-refractivity contribution is -0.765. The van der Waals surface area contributed by atoms with E-state index in [1.807, 2.05) is 0 Å². The molecule has 1 fully saturated rings. The average molecular weight is 428 g/mol. The number of ether oxygens (including phenoxy) is 3. The van der Waals surface area contributed by atoms with Crippen LogP contribution in [0.25, 0.3) is 0 Å². The first-order valence-electron chi connectivity index (χ1n) is 9.53. The summed E-state index contributed by atoms with van der Waals surface area (Å²) in [5.74, 6) is -0.218. The van der Waals surface area contributed by atoms with Gasteiger partial charge in [-0.1, -0.05) is 0 Å². The highest BCUT2D eigenvalue weighted by molar-refractivity contribution is 6.08. The standard InChI is InChI=1S/C19H29N3O8/c1-18(2,3)29-16(26)22(17(27)30-19(4,5)6)13-7-8-21(15(25)20-13)14-9-11(24)12(10-23)28-14/h7-8,11-12,14,23-24H,9-10H2,1-6H3/p+1/t11-,12+,14+/m0/s1. The predicted octanol–water partition coefficient (Wildman–Crippen LogP) is 1.39. The molecule has 1 aliphatic rings. The molecule has 3 atom stereocenters. The van der Waals surface area contributed by atoms with E-state index in [-0.39, 0.29) is 18.8 Å². The molecule has 2 amide bonds. The fraction of sp³-hybridized carbons (Fsp3) is 0.684. The number of aliphatic hydroxyl groups is 2. The minimum absolute atomic E-state index is 0.117. The van der Waals surface area contributed by atoms with Crippen molar-refractivity contribution in [1.82, 2.24) is 4.98 Å². The smallest absolute Gasteiger partial charge is 0.443 e. The Balaban J connectivity index is 2.35. The number of aromatic nitrogens is 2. The zero-order valence-electron chi connectivity index (χ0n) is 18.0. The fourth-order valence-corrected chi connectivity index (χ4v) is 2.69. The molecule has 3 N–H and O–H groups in total. The first-order chi connectivity index (χ1) is 13.7. The lowest BCUT2D eigenvalue weighted by Gasteiger charge is -2.26. The van der Waals surface area contributed by atoms with Crippen LogP contribution in [0.3, 0.4) is 0 Å². The van der Waals surface area contributed by atoms with E-state index in [4.69, 9.17) is 14.2 Å². The molecule has 1 aromatic rings. The van der Waals surface area contributed by atoms with E-state index in [9.17, 15) is 24.9 Å². The number of hydrogen-bond donors (Lipinski definition) is 3. The lowest BCUT2D eigenvalue weighted by Crippen LogP contribution is -2.45. The van der Waals surface area contributed by atoms with Crippen molar-refractivity contribution in [2.75, 3.05) is 11.5 Å². The molecule has 0 spiro atoms. The van der Waals surface area contributed by atoms with Crippen molar-refractivity contribution in [2.24, 2.45) is 0 Å². The van der Waals surface area contributed by atoms with E-state index in [2.05, 4.69) is 4.98 Å². The highest BCUT2D eigenvalue weighted by Crippen LogP contribution is 2.27. The topological polar surface area (TPSA) is 143 Å². The zero-order chi connectivity index (χ0) is 22.9. The van der Waals surface area contributed by atoms with Crippen molar-refractivity contribution in [3.8, 4) is 6.01 Å². The number of imide groups is 1. The van der Waals surface area contributed by atoms with Crippen LogP contribution in [0.15, 0.2) is 12.3 Å². The summed E-state index contributed by atoms with van der Waals surface area (Å²) >= 11 is 0. The third-order valence-electron chi connectivity index (χ3n) is 3.91. The van der Waals surface area contributed by atoms with E-state index < -0.39 is 47.8 Å². The summed E-state index contributed by atoms with van der Waals surface area (Å²) in [7, 11) is 0. The number of aromatic hydroxyl groups is 1. The third-order valence-corrected chi connectivity index (χ3v) is 3.91. The Kier molecular flexibility index (Phi) is 6.90. The molecule has 0 radical (unpaired) electrons. The van der Waals surface area contributed by atoms with Crippen molar-refractivity contribution >= 4 is 18.0 Å². The normalized spacial score (nSPS) is 21.9. The van der Waals surface area contributed by atoms with Gasteiger partial charge in [-0.3, -0.25) is 0 Å². The van der Waals surface area contributed by atoms with Crippen molar-refractivity contribution in [3.05, 3.63) is 12.3 Å². The summed E-state index contributed by atoms with van der Waals surface area (Å²) in [6.45, 7) is 9.47. The van der Waals surface area contributed by atoms with Crippen molar-refractivity contribution in [2.45, 2.75) is 77.6 Å². The van der Waals surface area contributed by atoms with Crippen LogP contribution in [-0.4, -0.2) is 62.5 Å². The second-order valence-electron chi connectivity index (χ2n) is 8.90. The average Bonchev–Trinajstić information content (AvgIpc) is 2.92. The largest absolute Gasteiger partial charge is 0.500 e. The second-order valence-corrected chi connectivity index (χ2v) is 8.90. The second kappa shape index (κ2) is 8.70. The molecule has 11 heteroatoms. The molecule has 168 valence electrons. The van der Waals surface area contributed by atoms with E-state index in [1.165, 1.54) is 16.8 Å². The lowest BCUT2D eigenvalue weighted by atomic mass is 10.2. The fourth-order valence-electron chi connectivity index (χ4n) is 2.69. The minimum atomic E-state index is -1.02. The Morgan fingerprint density at radius 1 is 1.20 bits per heavy atom. The van der Waals surface area contributed by atoms with Gasteiger partial charge in [0.2, 0.25) is 6.23 Å². The Hall–Kier alpha value is -2.50. The first-order valence-corrected chi connectivity index (χ1v) is 9.53. The summed E-state index contributed by atoms with van der Waals surface area (Å²) in [4.78, 5) is 29.8. The number of carbonyl (C=O) groups is 2. The number of aliphatic hydroxyl groups excluding tert-OH is 2. The Labute approximate surface area is 174 Å². The van der Waals surface area contributed by atoms with Crippen LogP contribution in [0.1, 0.15) is 54.2 Å². The molecule has 2 rings (SSSR count). The first kappa shape index (κ1) is 23.8. The maximum absolute atomic E-state index is 12.7. The van der Waals surface area contributed by atoms with Gasteiger partial charge >= 0.3 is 18.2 Å². The molecule has 0 bridgehead atoms. The molecule has 1 aliphatic heterocycles. The maximum atomic E-state index is 12.7. The van der Waals surface area contributed by atoms with Gasteiger partial charge in [-0.25, -0.2) is 9.59 Å². The molecule has 2 heterocycles. The molecular formula is C19H30N3O8+. The summed E-state index contributed by atoms with van der Waals surface area (Å²) in [5.41, 5.74) is -1.78. The Morgan fingerprint density at radius 2 is 1.73 bits per heavy atom. The Bertz CT molecular complexity index is 759. The van der Waals surface area contributed by atoms with E-state index in [0.717, 1.165) is 0 Å². The van der Waals surface area contributed by atoms with Crippen molar-refractivity contribution < 1.29 is 43.7 Å². The SMILES string of the molecule is CC(C)(C)OC(=O)N(C(=O)OC(C)(C)C)c1cc[n+]([C@H]2C[C@H](O)[C@@H](CO)O2)c(O)n1. The highest BCUT2D eigenvalue weighted by atomic mass is 16.6. The zero-order valence-corrected chi connectivity index (χ0v) is 18.0. The molecule has 0 aliphatic carbocycles. The number of rotatable bonds is 3. The van der Waals surface area contributed by atoms with Gasteiger partial charge in [-0.05, 0) is 41.5 Å². The van der Waals surface area contributed by atoms with Crippen LogP contribution in [-0.2, 0) is 14.2 Å². The summed E-state index contributed by atoms with van der Waals surface area (Å²) in [6, 6.07) is 0.732. The number of anilines is 1. The van der Waals surface area contributed by atoms with Gasteiger partial charge in [0.1, 0.15) is 23.5 Å². The predicted molar refractivity (Wildman–Crippen MR) is 103 cm³/mol. The van der Waals surface area contributed by atoms with Crippen molar-refractivity contribution in [3.63, 3.8) is 0 Å². The molecule has 1 saturated heterocycles. The third kappa shape index (κ3) is 6.00. The van der Waals surface area contributed by atoms with Gasteiger partial charge in [-0.2, -0.15) is 4.57 Å². The summed E-state index contributed by atoms with van der Waals surface area (Å²) < 4.78 is 17.2. The molecule has 11 nitrogen and oxygen atoms in total. The van der Waals surface area contributed by atoms with Gasteiger partial charge < -0.3 is 29.5 Å². The number of nitrogens with zero attached hydrogens (tertiary/aromatic N) is 3. The van der Waals surface area contributed by atoms with Crippen LogP contribution in [0.5, 0.6) is 6.01 Å². The highest BCUT2D eigenvalue weighted by Gasteiger charge is 2.41. The number of carbonyl (C=O) groups excluding carboxylic acids is 2. The van der Waals surface area contributed by atoms with Crippen molar-refractivity contribution in [1.29, 1.82) is 0 Å². The van der Waals surface area contributed by atoms with Gasteiger partial charge in [-0.15, -0.1) is 4.90 Å². The monoisotopic (exact) mass is 428 g/mol. The van der Waals surface area contributed by atoms with Gasteiger partial charge in [0, 0.05) is 17.5 Å². The minimum Gasteiger partial charge on any atom is -0.443 e. The number of hydrogen-bond acceptors (Lipinski definition) is 9. The van der Waals surface area contributed by atoms with Crippen LogP contribution < -0.4 is 9.47 Å². The van der Waals surface area contributed by atoms with E-state index in [0.29, 0.717) is 4.90 Å². The quantitative estimate of drug-likeness (QED) is 0.609. The van der Waals surface area contributed by atoms with Crippen LogP contribution in [0, 0.1) is 0 Å². The van der Waals surface area contributed by atoms with Gasteiger partial charge in [0.05, 0.1) is 12.7 Å². The van der Waals surface area contributed by atoms with E-state index >= 15 is 0 Å². The van der Waals surface area contributed by atoms with Gasteiger partial charge in [0.15, 0.2) is 0 Å². The molecule has 0 aromatic carbocycles. The van der Waals surface area contributed by atoms with Gasteiger partial charge in [0.25, 0.3) is 5.82 Å². The summed E-state index contributed by atoms with van der Waals surface area (Å²) in [6.07, 6.45) is -3.06. The van der Waals surface area contributed by atoms with Crippen LogP contribution >= 0.6 is 0 Å². The van der Waals surface area contributed by atoms with Crippen LogP contribution in [0.2, 0.25) is 0 Å². The molecule has 0 saturated carbocycles. The number of amides is 2. The Morgan fingerprint density at radius 3 is 2.13 bits per heavy atom. The molecule has 0 unspecified atom stereocenters. The molecule has 30 heavy (non-hydrogen) atoms. The molecular weight excluding hydrogens is 398 g/mol. The maximum Gasteiger partial charge on any atom is 0.500 e. The van der Waals surface area contributed by atoms with E-state index in [1.54, 1.807) is 41.5 Å². The molecule has 1 aromatic heterocycles. The van der Waals surface area contributed by atoms with Crippen LogP contribution in [0.4, 0.5) is 15.4 Å².